The number of ether oxygens (including phenoxy) is 3. The number of fused-ring (bicyclic) bond motifs is 2. The number of quaternary nitrogens is 1. The number of non-ortho nitro benzene ring substituents is 3. The highest BCUT2D eigenvalue weighted by Crippen LogP contribution is 2.49. The third-order valence-corrected chi connectivity index (χ3v) is 12.5. The molecule has 0 aromatic heterocycles. The van der Waals surface area contributed by atoms with Crippen LogP contribution in [0.25, 0.3) is 10.8 Å². The Morgan fingerprint density at radius 2 is 1.25 bits per heavy atom. The summed E-state index contributed by atoms with van der Waals surface area (Å²) in [6, 6.07) is 24.0. The van der Waals surface area contributed by atoms with Crippen LogP contribution in [0, 0.1) is 48.1 Å². The molecule has 1 saturated heterocycles. The van der Waals surface area contributed by atoms with E-state index in [4.69, 9.17) is 19.1 Å². The zero-order valence-corrected chi connectivity index (χ0v) is 41.2. The van der Waals surface area contributed by atoms with Gasteiger partial charge in [-0.2, -0.15) is 4.99 Å². The zero-order chi connectivity index (χ0) is 55.0. The summed E-state index contributed by atoms with van der Waals surface area (Å²) in [5, 5.41) is 36.9. The summed E-state index contributed by atoms with van der Waals surface area (Å²) in [5.41, 5.74) is 0.0508. The highest BCUT2D eigenvalue weighted by molar-refractivity contribution is 6.07. The Balaban J connectivity index is 1.05. The van der Waals surface area contributed by atoms with Crippen molar-refractivity contribution in [3.05, 3.63) is 173 Å². The Morgan fingerprint density at radius 1 is 0.724 bits per heavy atom. The molecule has 2 amide bonds. The fourth-order valence-corrected chi connectivity index (χ4v) is 8.65. The van der Waals surface area contributed by atoms with Crippen molar-refractivity contribution in [1.82, 2.24) is 10.2 Å². The maximum Gasteiger partial charge on any atom is 0.422 e. The van der Waals surface area contributed by atoms with E-state index >= 15 is 0 Å². The Labute approximate surface area is 430 Å². The molecule has 76 heavy (non-hydrogen) atoms. The van der Waals surface area contributed by atoms with Gasteiger partial charge in [0.15, 0.2) is 0 Å². The van der Waals surface area contributed by atoms with E-state index in [2.05, 4.69) is 20.2 Å². The van der Waals surface area contributed by atoms with E-state index in [9.17, 15) is 59.1 Å². The molecule has 0 aliphatic carbocycles. The summed E-state index contributed by atoms with van der Waals surface area (Å²) < 4.78 is 16.9. The number of β-lactam (4-membered cyclic amide) rings is 1. The van der Waals surface area contributed by atoms with Crippen LogP contribution in [0.15, 0.2) is 130 Å². The Kier molecular flexibility index (Phi) is 16.3. The van der Waals surface area contributed by atoms with Gasteiger partial charge < -0.3 is 23.6 Å². The molecule has 5 aromatic rings. The van der Waals surface area contributed by atoms with Crippen LogP contribution in [0.3, 0.4) is 0 Å². The lowest BCUT2D eigenvalue weighted by Crippen LogP contribution is -2.62. The van der Waals surface area contributed by atoms with E-state index in [1.54, 1.807) is 12.1 Å². The third kappa shape index (κ3) is 12.3. The standard InChI is InChI=1S/C51H46N8O17/c1-29(2)42-43-30(3)40(44(55(43)45(42)60)49(64)74-46(61)31-12-18-35(19-13-31)56(66)67)27-72-41-11-7-9-38-34(8-6-10-39(38)41)26-59(4,5)25-24-52-50(53-28-73-76-48(63)33-16-22-37(23-17-33)58(70)71)54-51(65)75-47(62)32-14-20-36(21-15-32)57(68)69/h6-23,28-30,42-43H,24-27H2,1-5H3/p+1/b53-28+/t30-,42+,43+/m0/s1. The number of alkyl carbamates (subject to hydrolysis) is 1. The molecule has 25 nitrogen and oxygen atoms in total. The molecule has 0 bridgehead atoms. The molecule has 0 unspecified atom stereocenters. The van der Waals surface area contributed by atoms with Crippen LogP contribution in [0.5, 0.6) is 5.75 Å². The lowest BCUT2D eigenvalue weighted by Gasteiger charge is -2.47. The first-order valence-electron chi connectivity index (χ1n) is 23.1. The minimum absolute atomic E-state index is 0.00627. The predicted octanol–water partition coefficient (Wildman–Crippen LogP) is 7.03. The van der Waals surface area contributed by atoms with E-state index in [1.165, 1.54) is 17.0 Å². The summed E-state index contributed by atoms with van der Waals surface area (Å²) in [4.78, 5) is 129. The Hall–Kier alpha value is -9.78. The summed E-state index contributed by atoms with van der Waals surface area (Å²) in [5.74, 6) is -5.39. The van der Waals surface area contributed by atoms with E-state index in [0.717, 1.165) is 77.0 Å². The summed E-state index contributed by atoms with van der Waals surface area (Å²) in [6.07, 6.45) is -0.727. The van der Waals surface area contributed by atoms with Crippen LogP contribution in [0.4, 0.5) is 21.9 Å². The Bertz CT molecular complexity index is 3250. The van der Waals surface area contributed by atoms with Gasteiger partial charge in [-0.3, -0.25) is 45.3 Å². The molecule has 2 aliphatic heterocycles. The van der Waals surface area contributed by atoms with Crippen LogP contribution >= 0.6 is 0 Å². The van der Waals surface area contributed by atoms with Crippen molar-refractivity contribution in [3.63, 3.8) is 0 Å². The molecule has 5 aromatic carbocycles. The molecule has 2 heterocycles. The first-order chi connectivity index (χ1) is 36.1. The molecule has 3 atom stereocenters. The lowest BCUT2D eigenvalue weighted by atomic mass is 9.74. The quantitative estimate of drug-likeness (QED) is 0.0106. The lowest BCUT2D eigenvalue weighted by molar-refractivity contribution is -0.902. The SMILES string of the molecule is CC(C)[C@H]1C(=O)N2C(C(=O)OC(=O)c3ccc([N+](=O)[O-])cc3)=C(COc3cccc4c(C[N+](C)(C)CCN=C(/N=C/OOC(=O)c5ccc([N+](=O)[O-])cc5)NC(=O)OC(=O)c5ccc([N+](=O)[O-])cc5)cccc34)[C@H](C)[C@H]12. The second kappa shape index (κ2) is 23.0. The van der Waals surface area contributed by atoms with Gasteiger partial charge in [0, 0.05) is 58.8 Å². The van der Waals surface area contributed by atoms with Gasteiger partial charge in [0.2, 0.25) is 18.3 Å². The van der Waals surface area contributed by atoms with Crippen LogP contribution < -0.4 is 10.1 Å². The molecule has 0 saturated carbocycles. The van der Waals surface area contributed by atoms with Crippen molar-refractivity contribution in [2.45, 2.75) is 33.4 Å². The van der Waals surface area contributed by atoms with Crippen LogP contribution in [-0.4, -0.2) is 112 Å². The largest absolute Gasteiger partial charge is 0.488 e. The molecule has 392 valence electrons. The monoisotopic (exact) mass is 1040 g/mol. The normalized spacial score (nSPS) is 16.2. The van der Waals surface area contributed by atoms with Gasteiger partial charge in [-0.1, -0.05) is 51.1 Å². The van der Waals surface area contributed by atoms with Gasteiger partial charge in [0.1, 0.15) is 24.6 Å². The minimum atomic E-state index is -1.34. The number of nitro groups is 3. The van der Waals surface area contributed by atoms with Crippen molar-refractivity contribution < 1.29 is 72.0 Å². The number of hydrogen-bond donors (Lipinski definition) is 1. The van der Waals surface area contributed by atoms with Crippen LogP contribution in [0.2, 0.25) is 0 Å². The molecule has 0 spiro atoms. The van der Waals surface area contributed by atoms with Gasteiger partial charge >= 0.3 is 30.0 Å². The third-order valence-electron chi connectivity index (χ3n) is 12.5. The molecule has 2 aliphatic rings. The second-order valence-corrected chi connectivity index (χ2v) is 18.3. The maximum absolute atomic E-state index is 13.8. The Morgan fingerprint density at radius 3 is 1.80 bits per heavy atom. The number of nitrogens with one attached hydrogen (secondary N) is 1. The highest BCUT2D eigenvalue weighted by atomic mass is 17.2. The molecule has 7 rings (SSSR count). The number of likely N-dealkylation sites (N-methyl/N-ethyl adjacent to an activating group) is 1. The molecular weight excluding hydrogens is 997 g/mol. The smallest absolute Gasteiger partial charge is 0.422 e. The summed E-state index contributed by atoms with van der Waals surface area (Å²) in [6.45, 7) is 6.28. The van der Waals surface area contributed by atoms with Gasteiger partial charge in [-0.15, -0.1) is 0 Å². The van der Waals surface area contributed by atoms with E-state index in [0.29, 0.717) is 35.3 Å². The minimum Gasteiger partial charge on any atom is -0.488 e. The van der Waals surface area contributed by atoms with E-state index < -0.39 is 56.6 Å². The first-order valence-corrected chi connectivity index (χ1v) is 23.1. The van der Waals surface area contributed by atoms with Crippen LogP contribution in [-0.2, 0) is 35.4 Å². The number of nitrogens with zero attached hydrogens (tertiary/aromatic N) is 7. The number of hydrogen-bond acceptors (Lipinski definition) is 18. The summed E-state index contributed by atoms with van der Waals surface area (Å²) >= 11 is 0. The predicted molar refractivity (Wildman–Crippen MR) is 266 cm³/mol. The number of carbonyl (C=O) groups is 6. The van der Waals surface area contributed by atoms with Crippen molar-refractivity contribution in [2.24, 2.45) is 27.7 Å². The van der Waals surface area contributed by atoms with Crippen molar-refractivity contribution in [1.29, 1.82) is 0 Å². The topological polar surface area (TPSA) is 318 Å². The molecule has 25 heteroatoms. The maximum atomic E-state index is 13.8. The van der Waals surface area contributed by atoms with Crippen molar-refractivity contribution in [2.75, 3.05) is 33.8 Å². The number of guanidine groups is 1. The number of esters is 3. The zero-order valence-electron chi connectivity index (χ0n) is 41.2. The number of benzene rings is 5. The van der Waals surface area contributed by atoms with Gasteiger partial charge in [0.25, 0.3) is 17.1 Å². The summed E-state index contributed by atoms with van der Waals surface area (Å²) in [7, 11) is 3.83. The average Bonchev–Trinajstić information content (AvgIpc) is 3.63. The van der Waals surface area contributed by atoms with E-state index in [-0.39, 0.29) is 76.4 Å². The fraction of sp³-hybridized carbons (Fsp3) is 0.255. The molecular formula is C51H47N8O17+. The number of carbonyl (C=O) groups excluding carboxylic acids is 6. The van der Waals surface area contributed by atoms with Crippen molar-refractivity contribution in [3.8, 4) is 5.75 Å². The molecule has 0 radical (unpaired) electrons. The number of aliphatic imine (C=N–C) groups is 2. The molecule has 1 fully saturated rings. The number of amides is 2. The second-order valence-electron chi connectivity index (χ2n) is 18.3. The fourth-order valence-electron chi connectivity index (χ4n) is 8.65. The van der Waals surface area contributed by atoms with Crippen LogP contribution in [0.1, 0.15) is 57.4 Å². The highest BCUT2D eigenvalue weighted by Gasteiger charge is 2.59. The van der Waals surface area contributed by atoms with Crippen molar-refractivity contribution >= 4 is 76.1 Å². The van der Waals surface area contributed by atoms with Gasteiger partial charge in [-0.25, -0.2) is 33.9 Å². The number of nitro benzene ring substituents is 3. The molecule has 1 N–H and O–H groups in total. The van der Waals surface area contributed by atoms with Gasteiger partial charge in [-0.05, 0) is 53.8 Å². The first kappa shape index (κ1) is 54.0. The van der Waals surface area contributed by atoms with E-state index in [1.807, 2.05) is 59.1 Å². The number of rotatable bonds is 18. The van der Waals surface area contributed by atoms with Gasteiger partial charge in [0.05, 0.1) is 70.6 Å². The average molecular weight is 1040 g/mol.